The molecular weight excluding hydrogens is 260 g/mol. The van der Waals surface area contributed by atoms with Crippen LogP contribution in [0.5, 0.6) is 5.75 Å². The van der Waals surface area contributed by atoms with Gasteiger partial charge in [0.2, 0.25) is 0 Å². The minimum absolute atomic E-state index is 0.172. The van der Waals surface area contributed by atoms with Gasteiger partial charge in [0.25, 0.3) is 0 Å². The Hall–Kier alpha value is -1.16. The lowest BCUT2D eigenvalue weighted by atomic mass is 9.90. The van der Waals surface area contributed by atoms with E-state index in [2.05, 4.69) is 12.2 Å². The van der Waals surface area contributed by atoms with Gasteiger partial charge >= 0.3 is 0 Å². The zero-order chi connectivity index (χ0) is 14.5. The molecule has 1 aliphatic carbocycles. The van der Waals surface area contributed by atoms with E-state index in [1.165, 1.54) is 19.2 Å². The molecular formula is C16H23F2NO. The molecule has 1 saturated carbocycles. The van der Waals surface area contributed by atoms with Crippen molar-refractivity contribution in [2.75, 3.05) is 13.7 Å². The average Bonchev–Trinajstić information content (AvgIpc) is 2.95. The highest BCUT2D eigenvalue weighted by molar-refractivity contribution is 5.33. The first kappa shape index (κ1) is 15.2. The average molecular weight is 283 g/mol. The largest absolute Gasteiger partial charge is 0.497 e. The fourth-order valence-corrected chi connectivity index (χ4v) is 3.07. The lowest BCUT2D eigenvalue weighted by Gasteiger charge is -2.26. The second kappa shape index (κ2) is 7.02. The Morgan fingerprint density at radius 1 is 1.25 bits per heavy atom. The summed E-state index contributed by atoms with van der Waals surface area (Å²) in [6.07, 6.45) is 5.31. The van der Waals surface area contributed by atoms with Gasteiger partial charge < -0.3 is 10.1 Å². The Bertz CT molecular complexity index is 421. The van der Waals surface area contributed by atoms with Crippen LogP contribution in [0.2, 0.25) is 0 Å². The lowest BCUT2D eigenvalue weighted by molar-refractivity contribution is 0.341. The van der Waals surface area contributed by atoms with Gasteiger partial charge in [-0.1, -0.05) is 19.8 Å². The van der Waals surface area contributed by atoms with Gasteiger partial charge in [0.15, 0.2) is 0 Å². The summed E-state index contributed by atoms with van der Waals surface area (Å²) in [6.45, 7) is 2.82. The van der Waals surface area contributed by atoms with Gasteiger partial charge in [0.1, 0.15) is 17.4 Å². The Kier molecular flexibility index (Phi) is 5.35. The second-order valence-corrected chi connectivity index (χ2v) is 5.48. The maximum Gasteiger partial charge on any atom is 0.134 e. The highest BCUT2D eigenvalue weighted by Gasteiger charge is 2.30. The molecule has 0 aromatic heterocycles. The van der Waals surface area contributed by atoms with Crippen LogP contribution < -0.4 is 10.1 Å². The van der Waals surface area contributed by atoms with E-state index in [0.29, 0.717) is 5.92 Å². The number of hydrogen-bond acceptors (Lipinski definition) is 2. The molecule has 0 saturated heterocycles. The molecule has 0 bridgehead atoms. The van der Waals surface area contributed by atoms with Crippen molar-refractivity contribution in [3.63, 3.8) is 0 Å². The Morgan fingerprint density at radius 3 is 2.35 bits per heavy atom. The second-order valence-electron chi connectivity index (χ2n) is 5.48. The molecule has 2 nitrogen and oxygen atoms in total. The molecule has 0 radical (unpaired) electrons. The molecule has 0 amide bonds. The van der Waals surface area contributed by atoms with Crippen LogP contribution in [-0.2, 0) is 0 Å². The van der Waals surface area contributed by atoms with Crippen LogP contribution in [0.15, 0.2) is 12.1 Å². The van der Waals surface area contributed by atoms with Crippen molar-refractivity contribution in [3.8, 4) is 5.75 Å². The van der Waals surface area contributed by atoms with Crippen LogP contribution in [0, 0.1) is 17.6 Å². The fraction of sp³-hybridized carbons (Fsp3) is 0.625. The van der Waals surface area contributed by atoms with Crippen molar-refractivity contribution in [2.24, 2.45) is 5.92 Å². The zero-order valence-corrected chi connectivity index (χ0v) is 12.2. The van der Waals surface area contributed by atoms with E-state index in [1.54, 1.807) is 0 Å². The molecule has 0 spiro atoms. The molecule has 1 fully saturated rings. The minimum atomic E-state index is -0.512. The molecule has 1 aliphatic rings. The molecule has 1 aromatic rings. The molecule has 1 atom stereocenters. The third-order valence-corrected chi connectivity index (χ3v) is 4.08. The van der Waals surface area contributed by atoms with Crippen molar-refractivity contribution in [3.05, 3.63) is 29.3 Å². The van der Waals surface area contributed by atoms with Crippen molar-refractivity contribution >= 4 is 0 Å². The van der Waals surface area contributed by atoms with Crippen molar-refractivity contribution in [2.45, 2.75) is 45.1 Å². The Morgan fingerprint density at radius 2 is 1.85 bits per heavy atom. The first-order valence-electron chi connectivity index (χ1n) is 7.43. The molecule has 1 unspecified atom stereocenters. The minimum Gasteiger partial charge on any atom is -0.497 e. The number of methoxy groups -OCH3 is 1. The zero-order valence-electron chi connectivity index (χ0n) is 12.2. The van der Waals surface area contributed by atoms with E-state index in [9.17, 15) is 8.78 Å². The van der Waals surface area contributed by atoms with Crippen LogP contribution in [-0.4, -0.2) is 13.7 Å². The third-order valence-electron chi connectivity index (χ3n) is 4.08. The quantitative estimate of drug-likeness (QED) is 0.844. The molecule has 2 rings (SSSR count). The summed E-state index contributed by atoms with van der Waals surface area (Å²) in [5.41, 5.74) is 0.172. The maximum atomic E-state index is 14.3. The van der Waals surface area contributed by atoms with Crippen LogP contribution >= 0.6 is 0 Å². The smallest absolute Gasteiger partial charge is 0.134 e. The molecule has 20 heavy (non-hydrogen) atoms. The van der Waals surface area contributed by atoms with Crippen molar-refractivity contribution in [1.29, 1.82) is 0 Å². The number of halogens is 2. The van der Waals surface area contributed by atoms with Crippen molar-refractivity contribution < 1.29 is 13.5 Å². The van der Waals surface area contributed by atoms with Crippen molar-refractivity contribution in [1.82, 2.24) is 5.32 Å². The maximum absolute atomic E-state index is 14.3. The first-order valence-corrected chi connectivity index (χ1v) is 7.43. The van der Waals surface area contributed by atoms with Gasteiger partial charge in [-0.25, -0.2) is 8.78 Å². The summed E-state index contributed by atoms with van der Waals surface area (Å²) in [5.74, 6) is -0.479. The van der Waals surface area contributed by atoms with E-state index in [1.807, 2.05) is 0 Å². The van der Waals surface area contributed by atoms with Gasteiger partial charge in [-0.05, 0) is 31.7 Å². The molecule has 0 heterocycles. The number of rotatable bonds is 6. The SMILES string of the molecule is CCCNC(c1c(F)cc(OC)cc1F)C1CCCC1. The standard InChI is InChI=1S/C16H23F2NO/c1-3-8-19-16(11-6-4-5-7-11)15-13(17)9-12(20-2)10-14(15)18/h9-11,16,19H,3-8H2,1-2H3. The number of ether oxygens (including phenoxy) is 1. The van der Waals surface area contributed by atoms with Crippen LogP contribution in [0.4, 0.5) is 8.78 Å². The summed E-state index contributed by atoms with van der Waals surface area (Å²) in [4.78, 5) is 0. The van der Waals surface area contributed by atoms with Gasteiger partial charge in [0, 0.05) is 23.7 Å². The van der Waals surface area contributed by atoms with Crippen LogP contribution in [0.1, 0.15) is 50.6 Å². The monoisotopic (exact) mass is 283 g/mol. The summed E-state index contributed by atoms with van der Waals surface area (Å²) in [7, 11) is 1.41. The van der Waals surface area contributed by atoms with E-state index in [-0.39, 0.29) is 17.4 Å². The summed E-state index contributed by atoms with van der Waals surface area (Å²) < 4.78 is 33.5. The van der Waals surface area contributed by atoms with Gasteiger partial charge in [-0.2, -0.15) is 0 Å². The van der Waals surface area contributed by atoms with Crippen LogP contribution in [0.3, 0.4) is 0 Å². The van der Waals surface area contributed by atoms with E-state index >= 15 is 0 Å². The van der Waals surface area contributed by atoms with Crippen LogP contribution in [0.25, 0.3) is 0 Å². The van der Waals surface area contributed by atoms with Gasteiger partial charge in [-0.15, -0.1) is 0 Å². The summed E-state index contributed by atoms with van der Waals surface area (Å²) >= 11 is 0. The predicted octanol–water partition coefficient (Wildman–Crippen LogP) is 4.20. The Labute approximate surface area is 119 Å². The van der Waals surface area contributed by atoms with Gasteiger partial charge in [0.05, 0.1) is 7.11 Å². The molecule has 1 N–H and O–H groups in total. The number of benzene rings is 1. The number of hydrogen-bond donors (Lipinski definition) is 1. The number of nitrogens with one attached hydrogen (secondary N) is 1. The topological polar surface area (TPSA) is 21.3 Å². The molecule has 4 heteroatoms. The lowest BCUT2D eigenvalue weighted by Crippen LogP contribution is -2.29. The predicted molar refractivity (Wildman–Crippen MR) is 75.9 cm³/mol. The van der Waals surface area contributed by atoms with E-state index in [4.69, 9.17) is 4.74 Å². The normalized spacial score (nSPS) is 17.4. The third kappa shape index (κ3) is 3.29. The molecule has 1 aromatic carbocycles. The summed E-state index contributed by atoms with van der Waals surface area (Å²) in [5, 5.41) is 3.33. The highest BCUT2D eigenvalue weighted by atomic mass is 19.1. The first-order chi connectivity index (χ1) is 9.67. The van der Waals surface area contributed by atoms with Gasteiger partial charge in [-0.3, -0.25) is 0 Å². The molecule has 112 valence electrons. The summed E-state index contributed by atoms with van der Waals surface area (Å²) in [6, 6.07) is 2.31. The highest BCUT2D eigenvalue weighted by Crippen LogP contribution is 2.38. The fourth-order valence-electron chi connectivity index (χ4n) is 3.07. The molecule has 0 aliphatic heterocycles. The Balaban J connectivity index is 2.31. The van der Waals surface area contributed by atoms with E-state index in [0.717, 1.165) is 38.6 Å². The van der Waals surface area contributed by atoms with E-state index < -0.39 is 11.6 Å².